The summed E-state index contributed by atoms with van der Waals surface area (Å²) in [5.74, 6) is 0.553. The molecule has 0 fully saturated rings. The zero-order chi connectivity index (χ0) is 15.9. The number of hydrogen-bond acceptors (Lipinski definition) is 4. The van der Waals surface area contributed by atoms with Gasteiger partial charge < -0.3 is 15.5 Å². The summed E-state index contributed by atoms with van der Waals surface area (Å²) in [4.78, 5) is 9.64. The van der Waals surface area contributed by atoms with Gasteiger partial charge in [0.25, 0.3) is 0 Å². The molecule has 2 N–H and O–H groups in total. The van der Waals surface area contributed by atoms with Crippen LogP contribution in [0.5, 0.6) is 0 Å². The van der Waals surface area contributed by atoms with E-state index in [1.54, 1.807) is 7.05 Å². The van der Waals surface area contributed by atoms with Gasteiger partial charge in [-0.1, -0.05) is 0 Å². The molecule has 0 aliphatic heterocycles. The van der Waals surface area contributed by atoms with Crippen molar-refractivity contribution in [3.63, 3.8) is 0 Å². The van der Waals surface area contributed by atoms with Crippen molar-refractivity contribution < 1.29 is 13.2 Å². The highest BCUT2D eigenvalue weighted by molar-refractivity contribution is 14.0. The van der Waals surface area contributed by atoms with Crippen molar-refractivity contribution in [2.24, 2.45) is 4.99 Å². The van der Waals surface area contributed by atoms with E-state index in [-0.39, 0.29) is 30.5 Å². The van der Waals surface area contributed by atoms with Crippen LogP contribution >= 0.6 is 35.3 Å². The first-order valence-electron chi connectivity index (χ1n) is 6.43. The van der Waals surface area contributed by atoms with E-state index in [1.807, 2.05) is 14.1 Å². The predicted octanol–water partition coefficient (Wildman–Crippen LogP) is 2.40. The number of nitrogens with zero attached hydrogens (tertiary/aromatic N) is 3. The number of nitrogens with one attached hydrogen (secondary N) is 2. The maximum absolute atomic E-state index is 12.4. The Morgan fingerprint density at radius 1 is 1.36 bits per heavy atom. The molecule has 0 atom stereocenters. The molecule has 0 aliphatic rings. The molecule has 1 aromatic rings. The summed E-state index contributed by atoms with van der Waals surface area (Å²) in [5.41, 5.74) is -0.849. The Morgan fingerprint density at radius 2 is 2.05 bits per heavy atom. The first-order chi connectivity index (χ1) is 9.82. The average Bonchev–Trinajstić information content (AvgIpc) is 2.86. The second kappa shape index (κ2) is 10.2. The molecule has 128 valence electrons. The number of hydrogen-bond donors (Lipinski definition) is 2. The molecule has 0 saturated heterocycles. The minimum absolute atomic E-state index is 0. The van der Waals surface area contributed by atoms with E-state index in [4.69, 9.17) is 0 Å². The van der Waals surface area contributed by atoms with Crippen molar-refractivity contribution in [3.8, 4) is 0 Å². The van der Waals surface area contributed by atoms with Crippen LogP contribution in [0.15, 0.2) is 10.4 Å². The van der Waals surface area contributed by atoms with Gasteiger partial charge in [0.15, 0.2) is 11.7 Å². The zero-order valence-electron chi connectivity index (χ0n) is 12.7. The molecule has 0 spiro atoms. The van der Waals surface area contributed by atoms with Gasteiger partial charge in [-0.15, -0.1) is 35.3 Å². The van der Waals surface area contributed by atoms with Crippen LogP contribution in [0.3, 0.4) is 0 Å². The minimum Gasteiger partial charge on any atom is -0.356 e. The number of halogens is 4. The van der Waals surface area contributed by atoms with Gasteiger partial charge in [0, 0.05) is 19.0 Å². The summed E-state index contributed by atoms with van der Waals surface area (Å²) >= 11 is 0.978. The van der Waals surface area contributed by atoms with Gasteiger partial charge in [-0.25, -0.2) is 4.98 Å². The third kappa shape index (κ3) is 8.13. The topological polar surface area (TPSA) is 52.6 Å². The van der Waals surface area contributed by atoms with E-state index in [0.717, 1.165) is 36.2 Å². The maximum Gasteiger partial charge on any atom is 0.434 e. The Balaban J connectivity index is 0.00000441. The Labute approximate surface area is 149 Å². The molecular formula is C12H21F3IN5S. The molecule has 0 radical (unpaired) electrons. The van der Waals surface area contributed by atoms with E-state index in [9.17, 15) is 13.2 Å². The van der Waals surface area contributed by atoms with Crippen molar-refractivity contribution >= 4 is 41.3 Å². The van der Waals surface area contributed by atoms with Crippen LogP contribution in [0.2, 0.25) is 0 Å². The van der Waals surface area contributed by atoms with Crippen LogP contribution in [0, 0.1) is 0 Å². The number of guanidine groups is 1. The number of thiazole rings is 1. The predicted molar refractivity (Wildman–Crippen MR) is 93.9 cm³/mol. The van der Waals surface area contributed by atoms with E-state index in [2.05, 4.69) is 25.5 Å². The zero-order valence-corrected chi connectivity index (χ0v) is 15.8. The molecule has 0 saturated carbocycles. The van der Waals surface area contributed by atoms with Crippen LogP contribution in [0.1, 0.15) is 17.1 Å². The third-order valence-corrected chi connectivity index (χ3v) is 3.40. The van der Waals surface area contributed by atoms with Crippen molar-refractivity contribution in [2.75, 3.05) is 34.2 Å². The summed E-state index contributed by atoms with van der Waals surface area (Å²) in [5, 5.41) is 7.44. The lowest BCUT2D eigenvalue weighted by molar-refractivity contribution is -0.140. The second-order valence-electron chi connectivity index (χ2n) is 4.63. The van der Waals surface area contributed by atoms with E-state index < -0.39 is 11.9 Å². The fourth-order valence-electron chi connectivity index (χ4n) is 1.50. The quantitative estimate of drug-likeness (QED) is 0.302. The largest absolute Gasteiger partial charge is 0.434 e. The van der Waals surface area contributed by atoms with Gasteiger partial charge in [-0.05, 0) is 27.1 Å². The summed E-state index contributed by atoms with van der Waals surface area (Å²) < 4.78 is 37.3. The highest BCUT2D eigenvalue weighted by atomic mass is 127. The van der Waals surface area contributed by atoms with Crippen molar-refractivity contribution in [1.82, 2.24) is 20.5 Å². The molecule has 1 heterocycles. The molecule has 0 unspecified atom stereocenters. The molecular weight excluding hydrogens is 430 g/mol. The molecule has 5 nitrogen and oxygen atoms in total. The average molecular weight is 451 g/mol. The molecule has 1 aromatic heterocycles. The highest BCUT2D eigenvalue weighted by Crippen LogP contribution is 2.29. The Hall–Kier alpha value is -0.620. The van der Waals surface area contributed by atoms with Crippen molar-refractivity contribution in [1.29, 1.82) is 0 Å². The fourth-order valence-corrected chi connectivity index (χ4v) is 2.24. The Bertz CT molecular complexity index is 462. The standard InChI is InChI=1S/C12H20F3N5S.HI/c1-16-11(17-5-4-6-20(2)3)18-7-10-19-9(8-21-10)12(13,14)15;/h8H,4-7H2,1-3H3,(H2,16,17,18);1H. The molecule has 0 bridgehead atoms. The number of rotatable bonds is 6. The molecule has 0 aromatic carbocycles. The lowest BCUT2D eigenvalue weighted by atomic mass is 10.4. The summed E-state index contributed by atoms with van der Waals surface area (Å²) in [6.07, 6.45) is -3.44. The van der Waals surface area contributed by atoms with Gasteiger partial charge in [0.1, 0.15) is 5.01 Å². The highest BCUT2D eigenvalue weighted by Gasteiger charge is 2.33. The third-order valence-electron chi connectivity index (χ3n) is 2.55. The Kier molecular flexibility index (Phi) is 9.92. The number of alkyl halides is 3. The first kappa shape index (κ1) is 21.4. The van der Waals surface area contributed by atoms with E-state index >= 15 is 0 Å². The molecule has 10 heteroatoms. The lowest BCUT2D eigenvalue weighted by Crippen LogP contribution is -2.38. The van der Waals surface area contributed by atoms with Gasteiger partial charge in [-0.3, -0.25) is 4.99 Å². The van der Waals surface area contributed by atoms with Gasteiger partial charge >= 0.3 is 6.18 Å². The van der Waals surface area contributed by atoms with Crippen LogP contribution in [-0.4, -0.2) is 50.1 Å². The monoisotopic (exact) mass is 451 g/mol. The van der Waals surface area contributed by atoms with E-state index in [1.165, 1.54) is 0 Å². The van der Waals surface area contributed by atoms with Crippen LogP contribution in [0.4, 0.5) is 13.2 Å². The minimum atomic E-state index is -4.39. The summed E-state index contributed by atoms with van der Waals surface area (Å²) in [6, 6.07) is 0. The molecule has 0 amide bonds. The van der Waals surface area contributed by atoms with Gasteiger partial charge in [-0.2, -0.15) is 13.2 Å². The molecule has 0 aliphatic carbocycles. The van der Waals surface area contributed by atoms with Crippen molar-refractivity contribution in [3.05, 3.63) is 16.1 Å². The van der Waals surface area contributed by atoms with Gasteiger partial charge in [0.05, 0.1) is 6.54 Å². The maximum atomic E-state index is 12.4. The molecule has 22 heavy (non-hydrogen) atoms. The van der Waals surface area contributed by atoms with Crippen LogP contribution < -0.4 is 10.6 Å². The number of aromatic nitrogens is 1. The molecule has 1 rings (SSSR count). The first-order valence-corrected chi connectivity index (χ1v) is 7.31. The summed E-state index contributed by atoms with van der Waals surface area (Å²) in [7, 11) is 5.60. The van der Waals surface area contributed by atoms with Crippen LogP contribution in [0.25, 0.3) is 0 Å². The van der Waals surface area contributed by atoms with Crippen LogP contribution in [-0.2, 0) is 12.7 Å². The normalized spacial score (nSPS) is 12.2. The van der Waals surface area contributed by atoms with Crippen molar-refractivity contribution in [2.45, 2.75) is 19.1 Å². The SMILES string of the molecule is CN=C(NCCCN(C)C)NCc1nc(C(F)(F)F)cs1.I. The smallest absolute Gasteiger partial charge is 0.356 e. The lowest BCUT2D eigenvalue weighted by Gasteiger charge is -2.12. The number of aliphatic imine (C=N–C) groups is 1. The summed E-state index contributed by atoms with van der Waals surface area (Å²) in [6.45, 7) is 1.91. The van der Waals surface area contributed by atoms with Gasteiger partial charge in [0.2, 0.25) is 0 Å². The Morgan fingerprint density at radius 3 is 2.55 bits per heavy atom. The fraction of sp³-hybridized carbons (Fsp3) is 0.667. The van der Waals surface area contributed by atoms with E-state index in [0.29, 0.717) is 11.0 Å². The second-order valence-corrected chi connectivity index (χ2v) is 5.58.